The maximum absolute atomic E-state index is 13.1. The van der Waals surface area contributed by atoms with Gasteiger partial charge >= 0.3 is 6.18 Å². The number of amides is 1. The van der Waals surface area contributed by atoms with Gasteiger partial charge in [-0.1, -0.05) is 38.1 Å². The molecule has 0 N–H and O–H groups in total. The molecule has 0 unspecified atom stereocenters. The topological polar surface area (TPSA) is 41.4 Å². The maximum atomic E-state index is 13.1. The third kappa shape index (κ3) is 4.55. The van der Waals surface area contributed by atoms with Crippen LogP contribution in [-0.4, -0.2) is 51.7 Å². The zero-order valence-corrected chi connectivity index (χ0v) is 16.3. The minimum atomic E-state index is -4.64. The average Bonchev–Trinajstić information content (AvgIpc) is 3.04. The van der Waals surface area contributed by atoms with Gasteiger partial charge in [-0.3, -0.25) is 14.4 Å². The molecule has 152 valence electrons. The van der Waals surface area contributed by atoms with Crippen LogP contribution in [0.2, 0.25) is 0 Å². The Morgan fingerprint density at radius 2 is 1.71 bits per heavy atom. The number of aryl methyl sites for hydroxylation is 1. The molecule has 8 heteroatoms. The summed E-state index contributed by atoms with van der Waals surface area (Å²) < 4.78 is 40.4. The maximum Gasteiger partial charge on any atom is 0.435 e. The Morgan fingerprint density at radius 1 is 1.11 bits per heavy atom. The van der Waals surface area contributed by atoms with Crippen molar-refractivity contribution in [3.8, 4) is 0 Å². The first-order valence-corrected chi connectivity index (χ1v) is 9.36. The Hall–Kier alpha value is -2.35. The number of carbonyl (C=O) groups excluding carboxylic acids is 1. The van der Waals surface area contributed by atoms with Crippen LogP contribution >= 0.6 is 0 Å². The first kappa shape index (κ1) is 20.4. The molecule has 1 saturated heterocycles. The molecule has 1 aliphatic rings. The van der Waals surface area contributed by atoms with Gasteiger partial charge in [-0.15, -0.1) is 0 Å². The molecule has 1 aromatic heterocycles. The normalized spacial score (nSPS) is 16.0. The van der Waals surface area contributed by atoms with Gasteiger partial charge in [0.15, 0.2) is 5.69 Å². The lowest BCUT2D eigenvalue weighted by molar-refractivity contribution is -0.141. The van der Waals surface area contributed by atoms with E-state index in [1.54, 1.807) is 0 Å². The number of alkyl halides is 3. The molecule has 3 rings (SSSR count). The summed E-state index contributed by atoms with van der Waals surface area (Å²) in [6.45, 7) is 7.11. The first-order chi connectivity index (χ1) is 13.1. The van der Waals surface area contributed by atoms with E-state index in [9.17, 15) is 18.0 Å². The van der Waals surface area contributed by atoms with Crippen LogP contribution in [0.4, 0.5) is 13.2 Å². The number of carbonyl (C=O) groups is 1. The van der Waals surface area contributed by atoms with E-state index in [2.05, 4.69) is 48.1 Å². The highest BCUT2D eigenvalue weighted by molar-refractivity contribution is 5.95. The predicted octanol–water partition coefficient (Wildman–Crippen LogP) is 3.52. The van der Waals surface area contributed by atoms with Crippen LogP contribution < -0.4 is 0 Å². The fraction of sp³-hybridized carbons (Fsp3) is 0.500. The van der Waals surface area contributed by atoms with Crippen LogP contribution in [0.25, 0.3) is 0 Å². The van der Waals surface area contributed by atoms with Crippen molar-refractivity contribution in [2.45, 2.75) is 32.5 Å². The molecule has 2 aromatic rings. The molecule has 2 heterocycles. The van der Waals surface area contributed by atoms with E-state index in [1.807, 2.05) is 0 Å². The number of benzene rings is 1. The number of nitrogens with zero attached hydrogens (tertiary/aromatic N) is 4. The highest BCUT2D eigenvalue weighted by atomic mass is 19.4. The van der Waals surface area contributed by atoms with E-state index in [1.165, 1.54) is 23.1 Å². The Kier molecular flexibility index (Phi) is 5.79. The van der Waals surface area contributed by atoms with Gasteiger partial charge in [-0.05, 0) is 17.0 Å². The van der Waals surface area contributed by atoms with E-state index in [0.29, 0.717) is 32.1 Å². The molecule has 0 spiro atoms. The van der Waals surface area contributed by atoms with Gasteiger partial charge in [0.25, 0.3) is 5.91 Å². The third-order valence-electron chi connectivity index (χ3n) is 5.04. The number of halogens is 3. The second-order valence-electron chi connectivity index (χ2n) is 7.53. The molecule has 0 aliphatic carbocycles. The van der Waals surface area contributed by atoms with Crippen LogP contribution in [-0.2, 0) is 19.8 Å². The van der Waals surface area contributed by atoms with Crippen LogP contribution in [0.3, 0.4) is 0 Å². The van der Waals surface area contributed by atoms with Crippen molar-refractivity contribution in [1.29, 1.82) is 0 Å². The predicted molar refractivity (Wildman–Crippen MR) is 99.9 cm³/mol. The van der Waals surface area contributed by atoms with E-state index in [4.69, 9.17) is 0 Å². The molecular weight excluding hydrogens is 369 g/mol. The Bertz CT molecular complexity index is 819. The van der Waals surface area contributed by atoms with Crippen LogP contribution in [0, 0.1) is 0 Å². The molecule has 0 radical (unpaired) electrons. The SMILES string of the molecule is CC(C)c1ccc(CN2CCN(C(=O)c3cn(C)nc3C(F)(F)F)CC2)cc1. The van der Waals surface area contributed by atoms with E-state index < -0.39 is 17.8 Å². The quantitative estimate of drug-likeness (QED) is 0.797. The van der Waals surface area contributed by atoms with Gasteiger partial charge in [-0.25, -0.2) is 0 Å². The standard InChI is InChI=1S/C20H25F3N4O/c1-14(2)16-6-4-15(5-7-16)12-26-8-10-27(11-9-26)19(28)17-13-25(3)24-18(17)20(21,22)23/h4-7,13-14H,8-12H2,1-3H3. The molecule has 28 heavy (non-hydrogen) atoms. The van der Waals surface area contributed by atoms with Gasteiger partial charge in [0, 0.05) is 46.0 Å². The fourth-order valence-electron chi connectivity index (χ4n) is 3.40. The van der Waals surface area contributed by atoms with Gasteiger partial charge in [0.2, 0.25) is 0 Å². The molecule has 1 aromatic carbocycles. The Balaban J connectivity index is 1.60. The van der Waals surface area contributed by atoms with Crippen molar-refractivity contribution < 1.29 is 18.0 Å². The molecule has 0 atom stereocenters. The summed E-state index contributed by atoms with van der Waals surface area (Å²) in [5.41, 5.74) is 0.979. The fourth-order valence-corrected chi connectivity index (χ4v) is 3.40. The van der Waals surface area contributed by atoms with Crippen LogP contribution in [0.1, 0.15) is 46.9 Å². The Labute approximate surface area is 162 Å². The largest absolute Gasteiger partial charge is 0.435 e. The van der Waals surface area contributed by atoms with Gasteiger partial charge in [0.05, 0.1) is 5.56 Å². The molecule has 0 saturated carbocycles. The van der Waals surface area contributed by atoms with E-state index in [-0.39, 0.29) is 5.56 Å². The number of piperazine rings is 1. The zero-order valence-electron chi connectivity index (χ0n) is 16.3. The number of hydrogen-bond donors (Lipinski definition) is 0. The summed E-state index contributed by atoms with van der Waals surface area (Å²) in [6.07, 6.45) is -3.50. The van der Waals surface area contributed by atoms with Crippen molar-refractivity contribution in [3.05, 3.63) is 52.8 Å². The number of aromatic nitrogens is 2. The van der Waals surface area contributed by atoms with Crippen LogP contribution in [0.5, 0.6) is 0 Å². The van der Waals surface area contributed by atoms with Crippen molar-refractivity contribution in [3.63, 3.8) is 0 Å². The summed E-state index contributed by atoms with van der Waals surface area (Å²) in [5, 5.41) is 3.42. The lowest BCUT2D eigenvalue weighted by Gasteiger charge is -2.34. The van der Waals surface area contributed by atoms with E-state index >= 15 is 0 Å². The van der Waals surface area contributed by atoms with Crippen molar-refractivity contribution in [2.24, 2.45) is 7.05 Å². The van der Waals surface area contributed by atoms with Gasteiger partial charge in [-0.2, -0.15) is 18.3 Å². The molecule has 5 nitrogen and oxygen atoms in total. The minimum Gasteiger partial charge on any atom is -0.336 e. The minimum absolute atomic E-state index is 0.382. The molecule has 1 fully saturated rings. The zero-order chi connectivity index (χ0) is 20.5. The van der Waals surface area contributed by atoms with Crippen LogP contribution in [0.15, 0.2) is 30.5 Å². The molecule has 0 bridgehead atoms. The smallest absolute Gasteiger partial charge is 0.336 e. The summed E-state index contributed by atoms with van der Waals surface area (Å²) in [4.78, 5) is 16.3. The first-order valence-electron chi connectivity index (χ1n) is 9.36. The second kappa shape index (κ2) is 7.95. The summed E-state index contributed by atoms with van der Waals surface area (Å²) in [5.74, 6) is -0.126. The third-order valence-corrected chi connectivity index (χ3v) is 5.04. The summed E-state index contributed by atoms with van der Waals surface area (Å²) >= 11 is 0. The molecular formula is C20H25F3N4O. The summed E-state index contributed by atoms with van der Waals surface area (Å²) in [7, 11) is 1.38. The monoisotopic (exact) mass is 394 g/mol. The highest BCUT2D eigenvalue weighted by Crippen LogP contribution is 2.31. The second-order valence-corrected chi connectivity index (χ2v) is 7.53. The van der Waals surface area contributed by atoms with Crippen molar-refractivity contribution in [2.75, 3.05) is 26.2 Å². The van der Waals surface area contributed by atoms with Crippen molar-refractivity contribution in [1.82, 2.24) is 19.6 Å². The van der Waals surface area contributed by atoms with Gasteiger partial charge < -0.3 is 4.90 Å². The number of rotatable bonds is 4. The van der Waals surface area contributed by atoms with E-state index in [0.717, 1.165) is 17.4 Å². The molecule has 1 amide bonds. The van der Waals surface area contributed by atoms with Gasteiger partial charge in [0.1, 0.15) is 0 Å². The lowest BCUT2D eigenvalue weighted by atomic mass is 10.0. The summed E-state index contributed by atoms with van der Waals surface area (Å²) in [6, 6.07) is 8.47. The number of hydrogen-bond acceptors (Lipinski definition) is 3. The lowest BCUT2D eigenvalue weighted by Crippen LogP contribution is -2.48. The highest BCUT2D eigenvalue weighted by Gasteiger charge is 2.40. The van der Waals surface area contributed by atoms with Crippen molar-refractivity contribution >= 4 is 5.91 Å². The average molecular weight is 394 g/mol. The Morgan fingerprint density at radius 3 is 2.25 bits per heavy atom. The molecule has 1 aliphatic heterocycles.